The first-order valence-corrected chi connectivity index (χ1v) is 45.3. The Morgan fingerprint density at radius 1 is 0.571 bits per heavy atom. The summed E-state index contributed by atoms with van der Waals surface area (Å²) < 4.78 is 41.2. The molecule has 0 bridgehead atoms. The lowest BCUT2D eigenvalue weighted by Crippen LogP contribution is -2.64. The Kier molecular flexibility index (Phi) is 38.6. The van der Waals surface area contributed by atoms with Crippen LogP contribution in [0.4, 0.5) is 8.78 Å². The summed E-state index contributed by atoms with van der Waals surface area (Å²) >= 11 is 0.718. The number of fused-ring (bicyclic) bond motifs is 3. The molecule has 3 aliphatic heterocycles. The fourth-order valence-corrected chi connectivity index (χ4v) is 17.0. The normalized spacial score (nSPS) is 24.3. The number of para-hydroxylation sites is 1. The van der Waals surface area contributed by atoms with E-state index in [1.165, 1.54) is 52.5 Å². The number of hydrogen-bond acceptors (Lipinski definition) is 21. The van der Waals surface area contributed by atoms with Gasteiger partial charge in [0.15, 0.2) is 11.6 Å². The number of aliphatic carboxylic acids is 1. The van der Waals surface area contributed by atoms with Crippen molar-refractivity contribution in [2.75, 3.05) is 79.2 Å². The number of hydrogen-bond donors (Lipinski definition) is 14. The van der Waals surface area contributed by atoms with Crippen LogP contribution in [0.3, 0.4) is 0 Å². The van der Waals surface area contributed by atoms with Crippen LogP contribution in [0.15, 0.2) is 134 Å². The second kappa shape index (κ2) is 49.5. The molecule has 0 aliphatic carbocycles. The van der Waals surface area contributed by atoms with E-state index in [9.17, 15) is 48.5 Å². The Morgan fingerprint density at radius 3 is 1.77 bits per heavy atom. The van der Waals surface area contributed by atoms with Gasteiger partial charge in [-0.25, -0.2) is 8.78 Å². The number of methoxy groups -OCH3 is 1. The number of H-pyrrole nitrogens is 1. The maximum Gasteiger partial charge on any atom is 0.305 e. The molecule has 6 aromatic rings. The van der Waals surface area contributed by atoms with E-state index in [1.54, 1.807) is 126 Å². The lowest BCUT2D eigenvalue weighted by molar-refractivity contribution is -0.152. The predicted molar refractivity (Wildman–Crippen MR) is 484 cm³/mol. The second-order valence-electron chi connectivity index (χ2n) is 34.2. The Morgan fingerprint density at radius 2 is 1.14 bits per heavy atom. The van der Waals surface area contributed by atoms with E-state index in [4.69, 9.17) is 15.2 Å². The summed E-state index contributed by atoms with van der Waals surface area (Å²) in [5.74, 6) is -21.4. The van der Waals surface area contributed by atoms with Gasteiger partial charge in [-0.05, 0) is 89.2 Å². The summed E-state index contributed by atoms with van der Waals surface area (Å²) in [7, 11) is 5.12. The minimum Gasteiger partial charge on any atom is -0.508 e. The van der Waals surface area contributed by atoms with Crippen LogP contribution >= 0.6 is 11.8 Å². The number of aliphatic hydroxyl groups is 1. The SMILES string of the molecule is CCCC[C@H]1C(=O)N2C[C@H](O)C[C@@H]2C(=O)N[C@@H](CC(=O)O)C(=O)N[C@@H](C(C)C)C(=O)N(C)[C@@H](Cc2ccccc2)C(=O)N[C@@H](CCOC)C(=O)N2CCOC[C@@H]2C(=O)N[C@@H](Cc2c[nH]c3ccccc23)C(=O)N[C@@H](Cc2ccc(O)cc2)C(=O)N[C@@H](CC(C)C)C(=O)N[C@H](C(=O)NCC(N)=O)CSCC(=O)N[C@@H](Cc2ccc(F)c(F)c2)C(=O)N(C)[C@@H](Cc2ccccc2)C(=O)N1C. The number of ether oxygens (including phenoxy) is 2. The monoisotopic (exact) mass is 1870 g/mol. The summed E-state index contributed by atoms with van der Waals surface area (Å²) in [5, 5.41) is 56.5. The highest BCUT2D eigenvalue weighted by Gasteiger charge is 2.48. The second-order valence-corrected chi connectivity index (χ2v) is 35.3. The van der Waals surface area contributed by atoms with Crippen molar-refractivity contribution in [1.29, 1.82) is 0 Å². The first-order chi connectivity index (χ1) is 63.3. The standard InChI is InChI=1S/C93H120F2N16O21S/c1-10-11-26-72-92(129)111-48-60(113)44-74(111)87(124)104-69(45-79(116)117)85(122)106-80(53(4)5)93(130)108(7)73(41-54-20-14-12-15-21-54)86(123)100-65(33-35-131-9)90(127)110-34-36-132-49-76(110)88(125)103-68(43-58-46-97-64-25-19-18-24-61(58)64)84(121)102-67(39-56-27-30-59(112)31-28-56)83(120)101-66(37-52(2)3)82(119)105-71(81(118)98-47-77(96)114)50-133-51-78(115)99-70(40-57-29-32-62(94)63(95)38-57)89(126)109(8)75(91(128)107(72)6)42-55-22-16-13-17-23-55/h12-25,27-32,38,46,52-53,60,65-76,80,97,112-113H,10-11,26,33-37,39-45,47-51H2,1-9H3,(H2,96,114)(H,98,118)(H,99,115)(H,100,123)(H,101,120)(H,102,121)(H,103,125)(H,104,124)(H,105,119)(H,106,122)(H,116,117)/t60-,65+,66+,67+,68+,69+,70+,71+,72+,73+,74-,75+,76-,80+/m1/s1. The van der Waals surface area contributed by atoms with Gasteiger partial charge in [0.2, 0.25) is 88.6 Å². The average molecular weight is 1870 g/mol. The molecule has 4 heterocycles. The first-order valence-electron chi connectivity index (χ1n) is 44.1. The van der Waals surface area contributed by atoms with Crippen molar-refractivity contribution < 1.29 is 110 Å². The minimum atomic E-state index is -2.01. The van der Waals surface area contributed by atoms with Crippen LogP contribution in [0.25, 0.3) is 10.9 Å². The fraction of sp³-hybridized carbons (Fsp3) is 0.484. The molecule has 15 amide bonds. The zero-order valence-corrected chi connectivity index (χ0v) is 76.6. The number of benzene rings is 5. The number of carbonyl (C=O) groups is 16. The molecule has 718 valence electrons. The number of aromatic hydroxyl groups is 1. The van der Waals surface area contributed by atoms with Gasteiger partial charge in [0.05, 0.1) is 38.0 Å². The number of thioether (sulfide) groups is 1. The fourth-order valence-electron chi connectivity index (χ4n) is 16.2. The number of nitrogens with zero attached hydrogens (tertiary/aromatic N) is 5. The third-order valence-corrected chi connectivity index (χ3v) is 24.5. The molecule has 133 heavy (non-hydrogen) atoms. The molecule has 9 rings (SSSR count). The lowest BCUT2D eigenvalue weighted by atomic mass is 9.98. The molecule has 0 radical (unpaired) electrons. The molecule has 0 unspecified atom stereocenters. The molecular formula is C93H120F2N16O21S. The van der Waals surface area contributed by atoms with Crippen molar-refractivity contribution in [2.24, 2.45) is 17.6 Å². The lowest BCUT2D eigenvalue weighted by Gasteiger charge is -2.38. The average Bonchev–Trinajstić information content (AvgIpc) is 1.55. The number of morpholine rings is 1. The predicted octanol–water partition coefficient (Wildman–Crippen LogP) is 0.965. The van der Waals surface area contributed by atoms with Crippen molar-refractivity contribution >= 4 is 117 Å². The van der Waals surface area contributed by atoms with E-state index >= 15 is 52.3 Å². The number of carboxylic acid groups (broad SMARTS) is 1. The number of unbranched alkanes of at least 4 members (excludes halogenated alkanes) is 1. The molecule has 3 aliphatic rings. The molecule has 40 heteroatoms. The van der Waals surface area contributed by atoms with Crippen molar-refractivity contribution in [3.63, 3.8) is 0 Å². The molecule has 0 spiro atoms. The highest BCUT2D eigenvalue weighted by molar-refractivity contribution is 8.00. The Bertz CT molecular complexity index is 5120. The van der Waals surface area contributed by atoms with Crippen LogP contribution in [0.1, 0.15) is 107 Å². The maximum absolute atomic E-state index is 15.7. The number of nitrogens with two attached hydrogens (primary N) is 1. The number of likely N-dealkylation sites (N-methyl/N-ethyl adjacent to an activating group) is 3. The number of amides is 15. The zero-order valence-electron chi connectivity index (χ0n) is 75.7. The highest BCUT2D eigenvalue weighted by Crippen LogP contribution is 2.28. The Labute approximate surface area is 773 Å². The van der Waals surface area contributed by atoms with E-state index < -0.39 is 253 Å². The summed E-state index contributed by atoms with van der Waals surface area (Å²) in [6.45, 7) is 6.01. The number of aromatic amines is 1. The van der Waals surface area contributed by atoms with Gasteiger partial charge in [0.1, 0.15) is 84.3 Å². The number of primary amides is 1. The number of rotatable bonds is 24. The zero-order chi connectivity index (χ0) is 97.0. The number of carboxylic acids is 1. The quantitative estimate of drug-likeness (QED) is 0.0401. The van der Waals surface area contributed by atoms with Crippen LogP contribution in [0.5, 0.6) is 5.75 Å². The summed E-state index contributed by atoms with van der Waals surface area (Å²) in [4.78, 5) is 246. The number of nitrogens with one attached hydrogen (secondary N) is 10. The van der Waals surface area contributed by atoms with Crippen molar-refractivity contribution in [1.82, 2.24) is 77.3 Å². The van der Waals surface area contributed by atoms with Gasteiger partial charge in [-0.3, -0.25) is 76.7 Å². The van der Waals surface area contributed by atoms with E-state index in [0.717, 1.165) is 54.5 Å². The number of phenolic OH excluding ortho intramolecular Hbond substituents is 1. The van der Waals surface area contributed by atoms with Crippen LogP contribution < -0.4 is 53.6 Å². The molecule has 3 fully saturated rings. The minimum absolute atomic E-state index is 0.0216. The van der Waals surface area contributed by atoms with E-state index in [-0.39, 0.29) is 82.4 Å². The van der Waals surface area contributed by atoms with Crippen LogP contribution in [-0.4, -0.2) is 303 Å². The topological polar surface area (TPSA) is 519 Å². The van der Waals surface area contributed by atoms with E-state index in [0.29, 0.717) is 39.6 Å². The number of phenols is 1. The van der Waals surface area contributed by atoms with E-state index in [2.05, 4.69) is 52.8 Å². The van der Waals surface area contributed by atoms with Crippen molar-refractivity contribution in [3.8, 4) is 5.75 Å². The molecule has 0 saturated carbocycles. The molecule has 14 atom stereocenters. The van der Waals surface area contributed by atoms with Gasteiger partial charge in [-0.2, -0.15) is 0 Å². The number of carbonyl (C=O) groups excluding carboxylic acids is 15. The summed E-state index contributed by atoms with van der Waals surface area (Å²) in [6, 6.07) is 10.9. The maximum atomic E-state index is 15.7. The molecule has 1 aromatic heterocycles. The van der Waals surface area contributed by atoms with Crippen LogP contribution in [0.2, 0.25) is 0 Å². The van der Waals surface area contributed by atoms with Crippen LogP contribution in [0, 0.1) is 23.5 Å². The Hall–Kier alpha value is -13.0. The number of halogens is 2. The van der Waals surface area contributed by atoms with Gasteiger partial charge in [-0.1, -0.05) is 145 Å². The van der Waals surface area contributed by atoms with E-state index in [1.807, 2.05) is 0 Å². The molecule has 3 saturated heterocycles. The number of aromatic nitrogens is 1. The van der Waals surface area contributed by atoms with Crippen LogP contribution in [-0.2, 0) is 118 Å². The molecule has 5 aromatic carbocycles. The van der Waals surface area contributed by atoms with Crippen molar-refractivity contribution in [3.05, 3.63) is 173 Å². The number of aliphatic hydroxyl groups excluding tert-OH is 1. The summed E-state index contributed by atoms with van der Waals surface area (Å²) in [6.07, 6.45) is -2.84. The van der Waals surface area contributed by atoms with Gasteiger partial charge in [0, 0.05) is 109 Å². The highest BCUT2D eigenvalue weighted by atomic mass is 32.2. The Balaban J connectivity index is 1.14. The third kappa shape index (κ3) is 29.3. The molecule has 15 N–H and O–H groups in total. The largest absolute Gasteiger partial charge is 0.508 e. The van der Waals surface area contributed by atoms with Gasteiger partial charge in [-0.15, -0.1) is 11.8 Å². The first kappa shape index (κ1) is 104. The van der Waals surface area contributed by atoms with Crippen molar-refractivity contribution in [2.45, 2.75) is 196 Å². The summed E-state index contributed by atoms with van der Waals surface area (Å²) in [5.41, 5.74) is 7.91. The van der Waals surface area contributed by atoms with Gasteiger partial charge >= 0.3 is 5.97 Å². The van der Waals surface area contributed by atoms with Gasteiger partial charge < -0.3 is 108 Å². The van der Waals surface area contributed by atoms with Gasteiger partial charge in [0.25, 0.3) is 0 Å². The molecular weight excluding hydrogens is 1750 g/mol. The third-order valence-electron chi connectivity index (χ3n) is 23.5. The molecule has 37 nitrogen and oxygen atoms in total. The smallest absolute Gasteiger partial charge is 0.305 e.